The molecule has 8 heteroatoms. The highest BCUT2D eigenvalue weighted by molar-refractivity contribution is 6.05. The number of rotatable bonds is 8. The van der Waals surface area contributed by atoms with Gasteiger partial charge in [0.2, 0.25) is 0 Å². The molecule has 0 amide bonds. The number of benzene rings is 4. The molecule has 2 aliphatic rings. The first kappa shape index (κ1) is 42.2. The van der Waals surface area contributed by atoms with E-state index < -0.39 is 0 Å². The molecule has 338 valence electrons. The second-order valence-electron chi connectivity index (χ2n) is 17.6. The zero-order valence-corrected chi connectivity index (χ0v) is 38.8. The van der Waals surface area contributed by atoms with Gasteiger partial charge in [0.25, 0.3) is 0 Å². The van der Waals surface area contributed by atoms with Crippen LogP contribution >= 0.6 is 0 Å². The van der Waals surface area contributed by atoms with Crippen LogP contribution in [-0.2, 0) is 0 Å². The van der Waals surface area contributed by atoms with Crippen molar-refractivity contribution in [3.05, 3.63) is 242 Å². The lowest BCUT2D eigenvalue weighted by molar-refractivity contribution is 1.31. The number of nitrogens with one attached hydrogen (secondary N) is 2. The molecule has 13 rings (SSSR count). The van der Waals surface area contributed by atoms with E-state index in [0.29, 0.717) is 0 Å². The lowest BCUT2D eigenvalue weighted by Gasteiger charge is -2.13. The van der Waals surface area contributed by atoms with Crippen LogP contribution in [0.4, 0.5) is 0 Å². The van der Waals surface area contributed by atoms with E-state index in [0.717, 1.165) is 134 Å². The summed E-state index contributed by atoms with van der Waals surface area (Å²) in [5, 5.41) is 0. The minimum Gasteiger partial charge on any atom is -0.354 e. The fourth-order valence-electron chi connectivity index (χ4n) is 10.3. The summed E-state index contributed by atoms with van der Waals surface area (Å²) in [4.78, 5) is 36.8. The first-order chi connectivity index (χ1) is 35.7. The molecule has 7 aromatic heterocycles. The predicted molar refractivity (Wildman–Crippen MR) is 294 cm³/mol. The van der Waals surface area contributed by atoms with Crippen molar-refractivity contribution in [3.63, 3.8) is 0 Å². The maximum Gasteiger partial charge on any atom is 0.0737 e. The first-order valence-electron chi connectivity index (χ1n) is 23.9. The van der Waals surface area contributed by atoms with Gasteiger partial charge in [-0.1, -0.05) is 97.1 Å². The molecule has 2 aliphatic heterocycles. The molecule has 0 saturated heterocycles. The molecule has 4 aromatic carbocycles. The average Bonchev–Trinajstić information content (AvgIpc) is 4.32. The van der Waals surface area contributed by atoms with Gasteiger partial charge in [0.1, 0.15) is 0 Å². The molecule has 0 spiro atoms. The molecule has 0 saturated carbocycles. The smallest absolute Gasteiger partial charge is 0.0737 e. The molecule has 9 heterocycles. The number of nitrogens with zero attached hydrogens (tertiary/aromatic N) is 6. The van der Waals surface area contributed by atoms with Crippen LogP contribution in [0.15, 0.2) is 219 Å². The minimum absolute atomic E-state index is 0.823. The van der Waals surface area contributed by atoms with E-state index in [9.17, 15) is 0 Å². The van der Waals surface area contributed by atoms with Crippen molar-refractivity contribution < 1.29 is 0 Å². The normalized spacial score (nSPS) is 11.8. The molecule has 8 nitrogen and oxygen atoms in total. The standard InChI is InChI=1S/C64H42N8/c1-5-13-49(45(9-1)41-25-33-65-34-26-41)61-53-17-19-55(69-53)62(50-14-6-2-10-46(50)42-27-35-66-36-28-42)57-21-23-59(71-57)64(52-16-8-4-12-48(52)44-31-39-68-40-32-44)60-24-22-58(72-60)63(56-20-18-54(61)70-56)51-15-7-3-11-47(51)43-29-37-67-38-30-43/h1-40,69,72H. The maximum absolute atomic E-state index is 5.69. The van der Waals surface area contributed by atoms with E-state index in [1.807, 2.05) is 49.6 Å². The molecule has 2 N–H and O–H groups in total. The van der Waals surface area contributed by atoms with Crippen molar-refractivity contribution in [1.29, 1.82) is 0 Å². The van der Waals surface area contributed by atoms with Gasteiger partial charge >= 0.3 is 0 Å². The molecule has 0 aliphatic carbocycles. The molecule has 11 aromatic rings. The SMILES string of the molecule is C1=Cc2nc1c(-c1ccccc1-c1ccncc1)c1ccc([nH]1)c(-c1ccccc1-c1ccncc1)c1nc(c(-c3ccccc3-c3ccncc3)c3ccc([nH]3)c2-c2ccccc2-c2ccncc2)C=C1. The Morgan fingerprint density at radius 2 is 0.431 bits per heavy atom. The fraction of sp³-hybridized carbons (Fsp3) is 0. The molecule has 0 fully saturated rings. The summed E-state index contributed by atoms with van der Waals surface area (Å²) in [7, 11) is 0. The Balaban J connectivity index is 1.21. The van der Waals surface area contributed by atoms with Crippen molar-refractivity contribution in [3.8, 4) is 89.0 Å². The summed E-state index contributed by atoms with van der Waals surface area (Å²) in [6, 6.07) is 59.4. The van der Waals surface area contributed by atoms with E-state index in [2.05, 4.69) is 224 Å². The topological polar surface area (TPSA) is 109 Å². The quantitative estimate of drug-likeness (QED) is 0.157. The summed E-state index contributed by atoms with van der Waals surface area (Å²) >= 11 is 0. The van der Waals surface area contributed by atoms with Gasteiger partial charge < -0.3 is 9.97 Å². The van der Waals surface area contributed by atoms with Gasteiger partial charge in [0.15, 0.2) is 0 Å². The summed E-state index contributed by atoms with van der Waals surface area (Å²) in [6.07, 6.45) is 23.4. The third-order valence-electron chi connectivity index (χ3n) is 13.5. The Morgan fingerprint density at radius 1 is 0.222 bits per heavy atom. The average molecular weight is 923 g/mol. The Bertz CT molecular complexity index is 3560. The molecular formula is C64H42N8. The third-order valence-corrected chi connectivity index (χ3v) is 13.5. The van der Waals surface area contributed by atoms with E-state index in [4.69, 9.17) is 9.97 Å². The lowest BCUT2D eigenvalue weighted by atomic mass is 9.94. The Hall–Kier alpha value is -9.92. The first-order valence-corrected chi connectivity index (χ1v) is 23.9. The van der Waals surface area contributed by atoms with Crippen LogP contribution in [0.2, 0.25) is 0 Å². The molecule has 0 radical (unpaired) electrons. The van der Waals surface area contributed by atoms with E-state index in [1.54, 1.807) is 0 Å². The molecule has 72 heavy (non-hydrogen) atoms. The van der Waals surface area contributed by atoms with Gasteiger partial charge in [-0.25, -0.2) is 9.97 Å². The zero-order chi connectivity index (χ0) is 47.8. The van der Waals surface area contributed by atoms with Crippen LogP contribution in [0.5, 0.6) is 0 Å². The van der Waals surface area contributed by atoms with Crippen LogP contribution in [0.25, 0.3) is 135 Å². The van der Waals surface area contributed by atoms with Gasteiger partial charge in [-0.15, -0.1) is 0 Å². The molecule has 8 bridgehead atoms. The lowest BCUT2D eigenvalue weighted by Crippen LogP contribution is -1.93. The highest BCUT2D eigenvalue weighted by Crippen LogP contribution is 2.44. The fourth-order valence-corrected chi connectivity index (χ4v) is 10.3. The third kappa shape index (κ3) is 7.60. The van der Waals surface area contributed by atoms with E-state index >= 15 is 0 Å². The number of aromatic nitrogens is 8. The summed E-state index contributed by atoms with van der Waals surface area (Å²) in [5.41, 5.74) is 23.4. The van der Waals surface area contributed by atoms with E-state index in [1.165, 1.54) is 0 Å². The highest BCUT2D eigenvalue weighted by Gasteiger charge is 2.23. The number of hydrogen-bond acceptors (Lipinski definition) is 6. The van der Waals surface area contributed by atoms with Gasteiger partial charge in [0, 0.05) is 93.9 Å². The van der Waals surface area contributed by atoms with Crippen molar-refractivity contribution in [2.75, 3.05) is 0 Å². The maximum atomic E-state index is 5.69. The van der Waals surface area contributed by atoms with Gasteiger partial charge in [-0.3, -0.25) is 19.9 Å². The Kier molecular flexibility index (Phi) is 10.7. The summed E-state index contributed by atoms with van der Waals surface area (Å²) < 4.78 is 0. The van der Waals surface area contributed by atoms with Crippen LogP contribution in [-0.4, -0.2) is 39.9 Å². The number of H-pyrrole nitrogens is 2. The van der Waals surface area contributed by atoms with Crippen molar-refractivity contribution in [1.82, 2.24) is 39.9 Å². The van der Waals surface area contributed by atoms with Crippen LogP contribution in [0, 0.1) is 0 Å². The highest BCUT2D eigenvalue weighted by atomic mass is 14.8. The second kappa shape index (κ2) is 18.2. The second-order valence-corrected chi connectivity index (χ2v) is 17.6. The largest absolute Gasteiger partial charge is 0.354 e. The van der Waals surface area contributed by atoms with Crippen LogP contribution in [0.1, 0.15) is 22.8 Å². The summed E-state index contributed by atoms with van der Waals surface area (Å²) in [6.45, 7) is 0. The van der Waals surface area contributed by atoms with Gasteiger partial charge in [-0.2, -0.15) is 0 Å². The monoisotopic (exact) mass is 922 g/mol. The zero-order valence-electron chi connectivity index (χ0n) is 38.8. The van der Waals surface area contributed by atoms with Crippen LogP contribution < -0.4 is 0 Å². The van der Waals surface area contributed by atoms with Crippen LogP contribution in [0.3, 0.4) is 0 Å². The van der Waals surface area contributed by atoms with Gasteiger partial charge in [0.05, 0.1) is 22.8 Å². The van der Waals surface area contributed by atoms with Crippen molar-refractivity contribution in [2.45, 2.75) is 0 Å². The predicted octanol–water partition coefficient (Wildman–Crippen LogP) is 15.6. The number of aromatic amines is 2. The van der Waals surface area contributed by atoms with Gasteiger partial charge in [-0.05, 0) is 164 Å². The van der Waals surface area contributed by atoms with E-state index in [-0.39, 0.29) is 0 Å². The minimum atomic E-state index is 0.823. The molecule has 0 unspecified atom stereocenters. The summed E-state index contributed by atoms with van der Waals surface area (Å²) in [5.74, 6) is 0. The number of fused-ring (bicyclic) bond motifs is 8. The molecule has 0 atom stereocenters. The number of pyridine rings is 4. The van der Waals surface area contributed by atoms with Crippen molar-refractivity contribution in [2.24, 2.45) is 0 Å². The molecular weight excluding hydrogens is 881 g/mol. The Morgan fingerprint density at radius 3 is 0.653 bits per heavy atom. The Labute approximate surface area is 415 Å². The van der Waals surface area contributed by atoms with Crippen molar-refractivity contribution >= 4 is 46.4 Å². The number of hydrogen-bond donors (Lipinski definition) is 2.